The van der Waals surface area contributed by atoms with Crippen LogP contribution in [0.15, 0.2) is 36.4 Å². The van der Waals surface area contributed by atoms with Crippen molar-refractivity contribution in [3.63, 3.8) is 0 Å². The second-order valence-corrected chi connectivity index (χ2v) is 6.12. The molecule has 2 aromatic carbocycles. The summed E-state index contributed by atoms with van der Waals surface area (Å²) in [5, 5.41) is 10.8. The lowest BCUT2D eigenvalue weighted by Crippen LogP contribution is -2.29. The number of hydrogen-bond donors (Lipinski definition) is 1. The molecule has 2 rings (SSSR count). The molecule has 1 atom stereocenters. The van der Waals surface area contributed by atoms with Crippen molar-refractivity contribution in [2.75, 3.05) is 0 Å². The van der Waals surface area contributed by atoms with E-state index in [1.807, 2.05) is 6.92 Å². The van der Waals surface area contributed by atoms with E-state index in [2.05, 4.69) is 0 Å². The Labute approximate surface area is 143 Å². The second-order valence-electron chi connectivity index (χ2n) is 4.84. The highest BCUT2D eigenvalue weighted by atomic mass is 35.5. The monoisotopic (exact) mass is 358 g/mol. The van der Waals surface area contributed by atoms with E-state index in [1.165, 1.54) is 0 Å². The molecule has 22 heavy (non-hydrogen) atoms. The lowest BCUT2D eigenvalue weighted by molar-refractivity contribution is -0.145. The highest BCUT2D eigenvalue weighted by Crippen LogP contribution is 2.24. The third-order valence-electron chi connectivity index (χ3n) is 3.03. The number of hydrogen-bond acceptors (Lipinski definition) is 2. The molecule has 0 amide bonds. The summed E-state index contributed by atoms with van der Waals surface area (Å²) in [5.41, 5.74) is 1.50. The summed E-state index contributed by atoms with van der Waals surface area (Å²) in [4.78, 5) is 11.4. The minimum absolute atomic E-state index is 0.150. The molecule has 0 aliphatic carbocycles. The van der Waals surface area contributed by atoms with Gasteiger partial charge in [-0.25, -0.2) is 4.79 Å². The number of halogens is 3. The van der Waals surface area contributed by atoms with E-state index in [9.17, 15) is 9.90 Å². The average Bonchev–Trinajstić information content (AvgIpc) is 2.41. The Morgan fingerprint density at radius 1 is 1.14 bits per heavy atom. The van der Waals surface area contributed by atoms with Crippen molar-refractivity contribution in [3.05, 3.63) is 62.6 Å². The fraction of sp³-hybridized carbons (Fsp3) is 0.188. The van der Waals surface area contributed by atoms with Crippen molar-refractivity contribution in [2.45, 2.75) is 19.4 Å². The minimum Gasteiger partial charge on any atom is -0.478 e. The Balaban J connectivity index is 2.19. The third-order valence-corrected chi connectivity index (χ3v) is 3.89. The average molecular weight is 360 g/mol. The van der Waals surface area contributed by atoms with Crippen LogP contribution in [-0.4, -0.2) is 17.2 Å². The normalized spacial score (nSPS) is 12.0. The van der Waals surface area contributed by atoms with Crippen LogP contribution in [0, 0.1) is 6.92 Å². The van der Waals surface area contributed by atoms with Crippen LogP contribution < -0.4 is 4.74 Å². The minimum atomic E-state index is -1.07. The molecule has 116 valence electrons. The largest absolute Gasteiger partial charge is 0.478 e. The molecule has 0 saturated heterocycles. The first kappa shape index (κ1) is 16.9. The highest BCUT2D eigenvalue weighted by Gasteiger charge is 2.21. The summed E-state index contributed by atoms with van der Waals surface area (Å²) < 4.78 is 5.55. The predicted molar refractivity (Wildman–Crippen MR) is 88.4 cm³/mol. The van der Waals surface area contributed by atoms with Crippen LogP contribution in [0.4, 0.5) is 0 Å². The van der Waals surface area contributed by atoms with Crippen LogP contribution >= 0.6 is 34.8 Å². The van der Waals surface area contributed by atoms with Crippen molar-refractivity contribution in [2.24, 2.45) is 0 Å². The molecule has 1 N–H and O–H groups in total. The lowest BCUT2D eigenvalue weighted by Gasteiger charge is -2.16. The van der Waals surface area contributed by atoms with E-state index in [0.29, 0.717) is 26.4 Å². The summed E-state index contributed by atoms with van der Waals surface area (Å²) in [5.74, 6) is -0.619. The standard InChI is InChI=1S/C16H13Cl3O3/c1-9-4-13(2-3-14(9)19)22-15(16(20)21)7-10-5-11(17)8-12(18)6-10/h2-6,8,15H,7H2,1H3,(H,20,21). The Morgan fingerprint density at radius 2 is 1.77 bits per heavy atom. The zero-order valence-electron chi connectivity index (χ0n) is 11.6. The zero-order valence-corrected chi connectivity index (χ0v) is 13.9. The number of carbonyl (C=O) groups is 1. The van der Waals surface area contributed by atoms with E-state index in [0.717, 1.165) is 5.56 Å². The molecule has 0 spiro atoms. The van der Waals surface area contributed by atoms with Crippen molar-refractivity contribution >= 4 is 40.8 Å². The summed E-state index contributed by atoms with van der Waals surface area (Å²) in [6, 6.07) is 9.92. The molecule has 6 heteroatoms. The second kappa shape index (κ2) is 7.23. The fourth-order valence-corrected chi connectivity index (χ4v) is 2.67. The topological polar surface area (TPSA) is 46.5 Å². The molecule has 2 aromatic rings. The predicted octanol–water partition coefficient (Wildman–Crippen LogP) is 5.03. The molecule has 0 aromatic heterocycles. The number of aryl methyl sites for hydroxylation is 1. The number of ether oxygens (including phenoxy) is 1. The van der Waals surface area contributed by atoms with Gasteiger partial charge in [0.2, 0.25) is 0 Å². The van der Waals surface area contributed by atoms with Crippen LogP contribution in [0.25, 0.3) is 0 Å². The summed E-state index contributed by atoms with van der Waals surface area (Å²) in [6.07, 6.45) is -0.896. The van der Waals surface area contributed by atoms with Gasteiger partial charge in [-0.05, 0) is 54.4 Å². The van der Waals surface area contributed by atoms with Crippen LogP contribution in [-0.2, 0) is 11.2 Å². The van der Waals surface area contributed by atoms with Crippen LogP contribution in [0.1, 0.15) is 11.1 Å². The SMILES string of the molecule is Cc1cc(OC(Cc2cc(Cl)cc(Cl)c2)C(=O)O)ccc1Cl. The van der Waals surface area contributed by atoms with Crippen molar-refractivity contribution in [1.29, 1.82) is 0 Å². The van der Waals surface area contributed by atoms with Gasteiger partial charge in [0.25, 0.3) is 0 Å². The molecule has 0 aliphatic rings. The maximum absolute atomic E-state index is 11.4. The first-order valence-corrected chi connectivity index (χ1v) is 7.59. The first-order valence-electron chi connectivity index (χ1n) is 6.46. The van der Waals surface area contributed by atoms with E-state index in [1.54, 1.807) is 36.4 Å². The molecule has 0 fully saturated rings. The van der Waals surface area contributed by atoms with Crippen molar-refractivity contribution < 1.29 is 14.6 Å². The Morgan fingerprint density at radius 3 is 2.32 bits per heavy atom. The number of rotatable bonds is 5. The molecule has 3 nitrogen and oxygen atoms in total. The summed E-state index contributed by atoms with van der Waals surface area (Å²) in [7, 11) is 0. The van der Waals surface area contributed by atoms with Gasteiger partial charge in [0.05, 0.1) is 0 Å². The highest BCUT2D eigenvalue weighted by molar-refractivity contribution is 6.34. The van der Waals surface area contributed by atoms with Crippen LogP contribution in [0.5, 0.6) is 5.75 Å². The molecular weight excluding hydrogens is 347 g/mol. The van der Waals surface area contributed by atoms with Crippen molar-refractivity contribution in [1.82, 2.24) is 0 Å². The van der Waals surface area contributed by atoms with Gasteiger partial charge in [0.15, 0.2) is 6.10 Å². The van der Waals surface area contributed by atoms with Gasteiger partial charge in [-0.2, -0.15) is 0 Å². The zero-order chi connectivity index (χ0) is 16.3. The lowest BCUT2D eigenvalue weighted by atomic mass is 10.1. The van der Waals surface area contributed by atoms with E-state index >= 15 is 0 Å². The van der Waals surface area contributed by atoms with E-state index in [-0.39, 0.29) is 6.42 Å². The van der Waals surface area contributed by atoms with Gasteiger partial charge < -0.3 is 9.84 Å². The van der Waals surface area contributed by atoms with Crippen molar-refractivity contribution in [3.8, 4) is 5.75 Å². The van der Waals surface area contributed by atoms with Gasteiger partial charge >= 0.3 is 5.97 Å². The Hall–Kier alpha value is -1.42. The molecule has 1 unspecified atom stereocenters. The number of benzene rings is 2. The smallest absolute Gasteiger partial charge is 0.345 e. The Kier molecular flexibility index (Phi) is 5.57. The number of carboxylic acid groups (broad SMARTS) is 1. The van der Waals surface area contributed by atoms with Gasteiger partial charge in [-0.15, -0.1) is 0 Å². The molecule has 0 bridgehead atoms. The molecular formula is C16H13Cl3O3. The quantitative estimate of drug-likeness (QED) is 0.814. The number of carboxylic acids is 1. The molecule has 0 heterocycles. The molecule has 0 radical (unpaired) electrons. The van der Waals surface area contributed by atoms with E-state index in [4.69, 9.17) is 39.5 Å². The van der Waals surface area contributed by atoms with Gasteiger partial charge in [-0.3, -0.25) is 0 Å². The summed E-state index contributed by atoms with van der Waals surface area (Å²) >= 11 is 17.8. The van der Waals surface area contributed by atoms with Crippen LogP contribution in [0.3, 0.4) is 0 Å². The Bertz CT molecular complexity index is 681. The molecule has 0 aliphatic heterocycles. The maximum Gasteiger partial charge on any atom is 0.345 e. The fourth-order valence-electron chi connectivity index (χ4n) is 1.98. The summed E-state index contributed by atoms with van der Waals surface area (Å²) in [6.45, 7) is 1.82. The van der Waals surface area contributed by atoms with Gasteiger partial charge in [-0.1, -0.05) is 34.8 Å². The van der Waals surface area contributed by atoms with E-state index < -0.39 is 12.1 Å². The van der Waals surface area contributed by atoms with Crippen LogP contribution in [0.2, 0.25) is 15.1 Å². The maximum atomic E-state index is 11.4. The van der Waals surface area contributed by atoms with Gasteiger partial charge in [0, 0.05) is 21.5 Å². The number of aliphatic carboxylic acids is 1. The third kappa shape index (κ3) is 4.54. The molecule has 0 saturated carbocycles. The first-order chi connectivity index (χ1) is 10.3. The van der Waals surface area contributed by atoms with Gasteiger partial charge in [0.1, 0.15) is 5.75 Å².